The molecule has 10 rings (SSSR count). The minimum atomic E-state index is -2.33. The molecule has 0 bridgehead atoms. The third-order valence-corrected chi connectivity index (χ3v) is 12.9. The number of anilines is 1. The number of hydrogen-bond acceptors (Lipinski definition) is 13. The van der Waals surface area contributed by atoms with Gasteiger partial charge in [0.1, 0.15) is 54.5 Å². The molecule has 17 nitrogen and oxygen atoms in total. The van der Waals surface area contributed by atoms with Crippen molar-refractivity contribution in [2.75, 3.05) is 18.1 Å². The molecule has 17 heteroatoms. The van der Waals surface area contributed by atoms with Crippen molar-refractivity contribution in [3.8, 4) is 17.6 Å². The van der Waals surface area contributed by atoms with E-state index in [1.165, 1.54) is 30.3 Å². The highest BCUT2D eigenvalue weighted by Gasteiger charge is 2.76. The second-order valence-electron chi connectivity index (χ2n) is 16.6. The fourth-order valence-electron chi connectivity index (χ4n) is 10.1. The number of para-hydroxylation sites is 2. The monoisotopic (exact) mass is 924 g/mol. The van der Waals surface area contributed by atoms with Gasteiger partial charge in [-0.25, -0.2) is 14.4 Å². The predicted octanol–water partition coefficient (Wildman–Crippen LogP) is 6.85. The number of carbonyl (C=O) groups excluding carboxylic acids is 3. The molecule has 1 aromatic heterocycles. The molecule has 6 unspecified atom stereocenters. The summed E-state index contributed by atoms with van der Waals surface area (Å²) in [7, 11) is 0. The highest BCUT2D eigenvalue weighted by Crippen LogP contribution is 2.66. The van der Waals surface area contributed by atoms with E-state index in [4.69, 9.17) is 14.2 Å². The van der Waals surface area contributed by atoms with Crippen molar-refractivity contribution >= 4 is 46.3 Å². The molecule has 2 N–H and O–H groups in total. The molecule has 2 fully saturated rings. The van der Waals surface area contributed by atoms with Crippen LogP contribution in [0.4, 0.5) is 16.2 Å². The number of carboxylic acids is 1. The summed E-state index contributed by atoms with van der Waals surface area (Å²) in [5, 5.41) is 41.5. The molecule has 69 heavy (non-hydrogen) atoms. The van der Waals surface area contributed by atoms with E-state index in [9.17, 15) is 29.9 Å². The maximum Gasteiger partial charge on any atom is 0.421 e. The van der Waals surface area contributed by atoms with Crippen molar-refractivity contribution in [3.63, 3.8) is 0 Å². The lowest BCUT2D eigenvalue weighted by molar-refractivity contribution is -0.384. The zero-order valence-electron chi connectivity index (χ0n) is 36.4. The first-order valence-electron chi connectivity index (χ1n) is 21.9. The zero-order valence-corrected chi connectivity index (χ0v) is 36.4. The van der Waals surface area contributed by atoms with Gasteiger partial charge >= 0.3 is 18.0 Å². The number of aliphatic hydroxyl groups excluding tert-OH is 1. The van der Waals surface area contributed by atoms with Gasteiger partial charge in [0.15, 0.2) is 0 Å². The highest BCUT2D eigenvalue weighted by molar-refractivity contribution is 6.23. The summed E-state index contributed by atoms with van der Waals surface area (Å²) in [5.41, 5.74) is 1.20. The number of aliphatic carboxylic acids is 1. The molecular weight excluding hydrogens is 885 g/mol. The molecule has 2 saturated heterocycles. The van der Waals surface area contributed by atoms with Crippen molar-refractivity contribution in [3.05, 3.63) is 195 Å². The highest BCUT2D eigenvalue weighted by atomic mass is 16.6. The van der Waals surface area contributed by atoms with E-state index in [2.05, 4.69) is 22.2 Å². The topological polar surface area (TPSA) is 217 Å². The van der Waals surface area contributed by atoms with Crippen LogP contribution in [0, 0.1) is 27.9 Å². The van der Waals surface area contributed by atoms with E-state index in [0.29, 0.717) is 27.8 Å². The number of hydrogen-bond donors (Lipinski definition) is 2. The van der Waals surface area contributed by atoms with E-state index in [0.717, 1.165) is 10.4 Å². The Labute approximate surface area is 393 Å². The smallest absolute Gasteiger partial charge is 0.421 e. The Balaban J connectivity index is 1.20. The van der Waals surface area contributed by atoms with E-state index < -0.39 is 71.0 Å². The number of nitrogens with zero attached hydrogens (tertiary/aromatic N) is 6. The number of fused-ring (bicyclic) bond motifs is 4. The maximum absolute atomic E-state index is 16.2. The number of cyclic esters (lactones) is 1. The van der Waals surface area contributed by atoms with Gasteiger partial charge in [-0.3, -0.25) is 29.4 Å². The number of benzene rings is 6. The van der Waals surface area contributed by atoms with E-state index in [1.54, 1.807) is 70.2 Å². The van der Waals surface area contributed by atoms with E-state index in [1.807, 2.05) is 60.7 Å². The number of carboxylic acid groups (broad SMARTS) is 1. The molecule has 2 amide bonds. The quantitative estimate of drug-likeness (QED) is 0.0587. The summed E-state index contributed by atoms with van der Waals surface area (Å²) < 4.78 is 19.9. The van der Waals surface area contributed by atoms with Crippen molar-refractivity contribution < 1.29 is 48.5 Å². The number of aromatic nitrogens is 3. The van der Waals surface area contributed by atoms with E-state index >= 15 is 9.59 Å². The number of nitro groups is 1. The number of amides is 2. The first-order chi connectivity index (χ1) is 33.6. The third-order valence-electron chi connectivity index (χ3n) is 12.9. The molecular formula is C52H40N6O11. The van der Waals surface area contributed by atoms with Gasteiger partial charge in [-0.15, -0.1) is 5.10 Å². The summed E-state index contributed by atoms with van der Waals surface area (Å²) in [5.74, 6) is 1.06. The molecule has 3 aliphatic heterocycles. The second-order valence-corrected chi connectivity index (χ2v) is 16.6. The Hall–Kier alpha value is -8.72. The van der Waals surface area contributed by atoms with Gasteiger partial charge in [0.2, 0.25) is 5.91 Å². The summed E-state index contributed by atoms with van der Waals surface area (Å²) >= 11 is 0. The number of esters is 1. The van der Waals surface area contributed by atoms with Crippen molar-refractivity contribution in [2.45, 2.75) is 42.8 Å². The first-order valence-corrected chi connectivity index (χ1v) is 21.9. The van der Waals surface area contributed by atoms with Gasteiger partial charge in [0, 0.05) is 23.3 Å². The van der Waals surface area contributed by atoms with Crippen LogP contribution in [-0.4, -0.2) is 78.2 Å². The number of ether oxygens (including phenoxy) is 3. The molecule has 6 aromatic carbocycles. The number of nitro benzene ring substituents is 1. The van der Waals surface area contributed by atoms with E-state index in [-0.39, 0.29) is 48.0 Å². The Morgan fingerprint density at radius 2 is 1.54 bits per heavy atom. The van der Waals surface area contributed by atoms with Crippen molar-refractivity contribution in [1.82, 2.24) is 19.9 Å². The second kappa shape index (κ2) is 18.2. The number of rotatable bonds is 11. The predicted molar refractivity (Wildman–Crippen MR) is 246 cm³/mol. The van der Waals surface area contributed by atoms with Gasteiger partial charge in [-0.2, -0.15) is 0 Å². The Morgan fingerprint density at radius 3 is 2.26 bits per heavy atom. The lowest BCUT2D eigenvalue weighted by atomic mass is 9.65. The van der Waals surface area contributed by atoms with Crippen LogP contribution >= 0.6 is 0 Å². The van der Waals surface area contributed by atoms with Crippen LogP contribution in [0.5, 0.6) is 5.75 Å². The Morgan fingerprint density at radius 1 is 0.841 bits per heavy atom. The van der Waals surface area contributed by atoms with Crippen LogP contribution < -0.4 is 9.64 Å². The van der Waals surface area contributed by atoms with Crippen LogP contribution in [0.25, 0.3) is 11.0 Å². The third kappa shape index (κ3) is 7.57. The maximum atomic E-state index is 16.2. The number of carbonyl (C=O) groups is 4. The zero-order chi connectivity index (χ0) is 47.8. The fourth-order valence-corrected chi connectivity index (χ4v) is 10.1. The first kappa shape index (κ1) is 44.1. The largest absolute Gasteiger partial charge is 0.491 e. The van der Waals surface area contributed by atoms with Gasteiger partial charge in [-0.05, 0) is 70.8 Å². The average molecular weight is 925 g/mol. The molecule has 0 aliphatic carbocycles. The lowest BCUT2D eigenvalue weighted by Crippen LogP contribution is -2.53. The Kier molecular flexibility index (Phi) is 11.6. The number of morpholine rings is 1. The van der Waals surface area contributed by atoms with Crippen LogP contribution in [-0.2, 0) is 42.4 Å². The molecule has 1 spiro atoms. The number of imide groups is 1. The lowest BCUT2D eigenvalue weighted by Gasteiger charge is -2.46. The van der Waals surface area contributed by atoms with Crippen molar-refractivity contribution in [1.29, 1.82) is 0 Å². The minimum Gasteiger partial charge on any atom is -0.491 e. The molecule has 0 saturated carbocycles. The SMILES string of the molecule is O=C1OC(c2ccccc2)C(c2ccccc2)N2C1C(C(=O)O)C1(C(=O)N(C(=O)OCc3ccc([N+](=O)[O-])cc3)c3ccc(C#CCn4nnc5ccccc54)cc31)C2c1ccccc1OCCO. The van der Waals surface area contributed by atoms with Crippen LogP contribution in [0.2, 0.25) is 0 Å². The van der Waals surface area contributed by atoms with Crippen molar-refractivity contribution in [2.24, 2.45) is 5.92 Å². The average Bonchev–Trinajstić information content (AvgIpc) is 4.01. The Bertz CT molecular complexity index is 3210. The standard InChI is InChI=1S/C52H40N6O11/c59-28-29-67-42-20-10-7-17-37(42)47-52(43(48(60)61)45-49(62)69-46(35-15-5-2-6-16-35)44(57(45)47)34-13-3-1-4-14-34)38-30-32(12-11-27-55-41-19-9-8-18-39(41)53-54-55)23-26-40(38)56(50(52)63)51(64)68-31-33-21-24-36(25-22-33)58(65)66/h1-10,13-26,30,43-47,59H,27-29,31H2,(H,60,61). The molecule has 3 aliphatic rings. The van der Waals surface area contributed by atoms with Gasteiger partial charge in [0.05, 0.1) is 34.8 Å². The molecule has 344 valence electrons. The summed E-state index contributed by atoms with van der Waals surface area (Å²) in [6, 6.07) is 38.2. The van der Waals surface area contributed by atoms with Crippen LogP contribution in [0.1, 0.15) is 51.6 Å². The summed E-state index contributed by atoms with van der Waals surface area (Å²) in [4.78, 5) is 73.6. The van der Waals surface area contributed by atoms with Gasteiger partial charge in [-0.1, -0.05) is 108 Å². The molecule has 6 atom stereocenters. The summed E-state index contributed by atoms with van der Waals surface area (Å²) in [6.45, 7) is -0.860. The van der Waals surface area contributed by atoms with Crippen LogP contribution in [0.3, 0.4) is 0 Å². The van der Waals surface area contributed by atoms with Gasteiger partial charge in [0.25, 0.3) is 5.69 Å². The number of aliphatic hydroxyl groups is 1. The number of non-ortho nitro benzene ring substituents is 1. The summed E-state index contributed by atoms with van der Waals surface area (Å²) in [6.07, 6.45) is -2.20. The van der Waals surface area contributed by atoms with Gasteiger partial charge < -0.3 is 24.4 Å². The fraction of sp³-hybridized carbons (Fsp3) is 0.192. The minimum absolute atomic E-state index is 0.0180. The van der Waals surface area contributed by atoms with Crippen LogP contribution in [0.15, 0.2) is 152 Å². The normalized spacial score (nSPS) is 21.5. The molecule has 7 aromatic rings. The molecule has 4 heterocycles. The molecule has 0 radical (unpaired) electrons.